The van der Waals surface area contributed by atoms with Crippen molar-refractivity contribution in [2.45, 2.75) is 68.9 Å². The molecule has 0 fully saturated rings. The van der Waals surface area contributed by atoms with E-state index in [1.807, 2.05) is 30.3 Å². The second-order valence-electron chi connectivity index (χ2n) is 6.99. The highest BCUT2D eigenvalue weighted by molar-refractivity contribution is 7.86. The number of rotatable bonds is 5. The number of benzene rings is 1. The molecule has 3 heteroatoms. The molecule has 1 aromatic carbocycles. The van der Waals surface area contributed by atoms with Crippen LogP contribution in [0, 0.1) is 0 Å². The first kappa shape index (κ1) is 17.1. The molecule has 0 aromatic heterocycles. The van der Waals surface area contributed by atoms with E-state index in [0.717, 1.165) is 29.7 Å². The van der Waals surface area contributed by atoms with Crippen LogP contribution < -0.4 is 0 Å². The van der Waals surface area contributed by atoms with Crippen molar-refractivity contribution in [2.75, 3.05) is 0 Å². The topological polar surface area (TPSA) is 34.1 Å². The van der Waals surface area contributed by atoms with Crippen molar-refractivity contribution < 1.29 is 9.00 Å². The van der Waals surface area contributed by atoms with Gasteiger partial charge in [-0.05, 0) is 47.9 Å². The summed E-state index contributed by atoms with van der Waals surface area (Å²) in [5, 5.41) is -0.382. The van der Waals surface area contributed by atoms with E-state index in [1.54, 1.807) is 0 Å². The van der Waals surface area contributed by atoms with Crippen LogP contribution in [-0.2, 0) is 21.0 Å². The molecule has 1 aliphatic rings. The van der Waals surface area contributed by atoms with Crippen LogP contribution in [0.15, 0.2) is 40.8 Å². The molecule has 2 rings (SSSR count). The van der Waals surface area contributed by atoms with Gasteiger partial charge >= 0.3 is 0 Å². The van der Waals surface area contributed by atoms with Gasteiger partial charge in [0, 0.05) is 4.90 Å². The molecule has 0 amide bonds. The number of Topliss-reactive ketones (excluding diaryl/α,β-unsaturated/α-hetero) is 1. The van der Waals surface area contributed by atoms with E-state index in [1.165, 1.54) is 5.56 Å². The van der Waals surface area contributed by atoms with Crippen LogP contribution in [0.3, 0.4) is 0 Å². The number of unbranched alkanes of at least 4 members (excludes halogenated alkanes) is 1. The third-order valence-electron chi connectivity index (χ3n) is 4.20. The summed E-state index contributed by atoms with van der Waals surface area (Å²) in [6.45, 7) is 8.59. The molecule has 0 bridgehead atoms. The van der Waals surface area contributed by atoms with Crippen LogP contribution in [0.25, 0.3) is 0 Å². The minimum atomic E-state index is -1.25. The quantitative estimate of drug-likeness (QED) is 0.798. The van der Waals surface area contributed by atoms with Crippen molar-refractivity contribution in [1.29, 1.82) is 0 Å². The standard InChI is InChI=1S/C19H26O2S/c1-5-6-7-14-8-13-17(18(14)20)22(21)16-11-9-15(10-12-16)19(2,3)4/h8-12,17H,5-7,13H2,1-4H3/t17-,22?/m0/s1. The summed E-state index contributed by atoms with van der Waals surface area (Å²) in [6.07, 6.45) is 5.53. The molecule has 2 nitrogen and oxygen atoms in total. The SMILES string of the molecule is CCCCC1=CC[C@H](S(=O)c2ccc(C(C)(C)C)cc2)C1=O. The third kappa shape index (κ3) is 3.75. The van der Waals surface area contributed by atoms with E-state index < -0.39 is 10.8 Å². The van der Waals surface area contributed by atoms with Gasteiger partial charge in [-0.3, -0.25) is 9.00 Å². The minimum absolute atomic E-state index is 0.0814. The molecule has 22 heavy (non-hydrogen) atoms. The molecular formula is C19H26O2S. The van der Waals surface area contributed by atoms with Crippen LogP contribution in [0.4, 0.5) is 0 Å². The molecule has 0 aliphatic heterocycles. The zero-order valence-electron chi connectivity index (χ0n) is 14.0. The summed E-state index contributed by atoms with van der Waals surface area (Å²) in [5.41, 5.74) is 2.18. The van der Waals surface area contributed by atoms with Gasteiger partial charge in [0.2, 0.25) is 0 Å². The number of hydrogen-bond acceptors (Lipinski definition) is 2. The zero-order chi connectivity index (χ0) is 16.3. The maximum Gasteiger partial charge on any atom is 0.174 e. The lowest BCUT2D eigenvalue weighted by atomic mass is 9.87. The zero-order valence-corrected chi connectivity index (χ0v) is 14.8. The van der Waals surface area contributed by atoms with Gasteiger partial charge in [0.05, 0.1) is 10.8 Å². The van der Waals surface area contributed by atoms with Gasteiger partial charge in [0.25, 0.3) is 0 Å². The highest BCUT2D eigenvalue weighted by Crippen LogP contribution is 2.28. The first-order valence-electron chi connectivity index (χ1n) is 8.09. The predicted octanol–water partition coefficient (Wildman–Crippen LogP) is 4.55. The molecule has 120 valence electrons. The fourth-order valence-electron chi connectivity index (χ4n) is 2.69. The van der Waals surface area contributed by atoms with E-state index in [2.05, 4.69) is 27.7 Å². The normalized spacial score (nSPS) is 20.1. The summed E-state index contributed by atoms with van der Waals surface area (Å²) in [4.78, 5) is 13.2. The molecule has 0 radical (unpaired) electrons. The molecule has 1 unspecified atom stereocenters. The van der Waals surface area contributed by atoms with Gasteiger partial charge in [0.1, 0.15) is 5.25 Å². The first-order chi connectivity index (χ1) is 10.3. The predicted molar refractivity (Wildman–Crippen MR) is 92.6 cm³/mol. The molecule has 1 aliphatic carbocycles. The average Bonchev–Trinajstić information content (AvgIpc) is 2.84. The number of hydrogen-bond donors (Lipinski definition) is 0. The number of allylic oxidation sites excluding steroid dienone is 2. The van der Waals surface area contributed by atoms with E-state index in [-0.39, 0.29) is 16.4 Å². The van der Waals surface area contributed by atoms with E-state index in [9.17, 15) is 9.00 Å². The molecule has 2 atom stereocenters. The summed E-state index contributed by atoms with van der Waals surface area (Å²) < 4.78 is 12.7. The first-order valence-corrected chi connectivity index (χ1v) is 9.30. The van der Waals surface area contributed by atoms with Gasteiger partial charge in [-0.1, -0.05) is 52.3 Å². The van der Waals surface area contributed by atoms with Crippen molar-refractivity contribution >= 4 is 16.6 Å². The molecule has 0 spiro atoms. The van der Waals surface area contributed by atoms with Crippen molar-refractivity contribution in [3.63, 3.8) is 0 Å². The van der Waals surface area contributed by atoms with E-state index in [4.69, 9.17) is 0 Å². The Morgan fingerprint density at radius 2 is 1.82 bits per heavy atom. The number of ketones is 1. The lowest BCUT2D eigenvalue weighted by Crippen LogP contribution is -2.22. The van der Waals surface area contributed by atoms with Gasteiger partial charge in [-0.2, -0.15) is 0 Å². The molecular weight excluding hydrogens is 292 g/mol. The maximum atomic E-state index is 12.7. The average molecular weight is 318 g/mol. The largest absolute Gasteiger partial charge is 0.293 e. The number of carbonyl (C=O) groups excluding carboxylic acids is 1. The lowest BCUT2D eigenvalue weighted by molar-refractivity contribution is -0.114. The fourth-order valence-corrected chi connectivity index (χ4v) is 4.04. The summed E-state index contributed by atoms with van der Waals surface area (Å²) in [7, 11) is -1.25. The number of carbonyl (C=O) groups is 1. The Labute approximate surface area is 136 Å². The van der Waals surface area contributed by atoms with Crippen molar-refractivity contribution in [1.82, 2.24) is 0 Å². The Balaban J connectivity index is 2.08. The van der Waals surface area contributed by atoms with Gasteiger partial charge in [-0.25, -0.2) is 0 Å². The Kier molecular flexibility index (Phi) is 5.38. The van der Waals surface area contributed by atoms with Crippen molar-refractivity contribution in [3.05, 3.63) is 41.5 Å². The fraction of sp³-hybridized carbons (Fsp3) is 0.526. The molecule has 1 aromatic rings. The maximum absolute atomic E-state index is 12.7. The van der Waals surface area contributed by atoms with Crippen LogP contribution in [0.5, 0.6) is 0 Å². The second-order valence-corrected chi connectivity index (χ2v) is 8.63. The second kappa shape index (κ2) is 6.91. The summed E-state index contributed by atoms with van der Waals surface area (Å²) in [5.74, 6) is 0.0895. The highest BCUT2D eigenvalue weighted by atomic mass is 32.2. The monoisotopic (exact) mass is 318 g/mol. The molecule has 0 heterocycles. The van der Waals surface area contributed by atoms with Crippen LogP contribution in [-0.4, -0.2) is 15.2 Å². The smallest absolute Gasteiger partial charge is 0.174 e. The molecule has 0 saturated heterocycles. The minimum Gasteiger partial charge on any atom is -0.293 e. The van der Waals surface area contributed by atoms with Crippen molar-refractivity contribution in [3.8, 4) is 0 Å². The van der Waals surface area contributed by atoms with Gasteiger partial charge in [-0.15, -0.1) is 0 Å². The van der Waals surface area contributed by atoms with E-state index >= 15 is 0 Å². The van der Waals surface area contributed by atoms with Crippen LogP contribution in [0.2, 0.25) is 0 Å². The van der Waals surface area contributed by atoms with Gasteiger partial charge in [0.15, 0.2) is 5.78 Å². The summed E-state index contributed by atoms with van der Waals surface area (Å²) in [6, 6.07) is 7.87. The van der Waals surface area contributed by atoms with Crippen molar-refractivity contribution in [2.24, 2.45) is 0 Å². The lowest BCUT2D eigenvalue weighted by Gasteiger charge is -2.19. The highest BCUT2D eigenvalue weighted by Gasteiger charge is 2.32. The Morgan fingerprint density at radius 3 is 2.36 bits per heavy atom. The summed E-state index contributed by atoms with van der Waals surface area (Å²) >= 11 is 0. The Hall–Kier alpha value is -1.22. The van der Waals surface area contributed by atoms with Gasteiger partial charge < -0.3 is 0 Å². The van der Waals surface area contributed by atoms with E-state index in [0.29, 0.717) is 6.42 Å². The molecule has 0 saturated carbocycles. The van der Waals surface area contributed by atoms with Crippen LogP contribution >= 0.6 is 0 Å². The Bertz CT molecular complexity index is 591. The van der Waals surface area contributed by atoms with Crippen LogP contribution in [0.1, 0.15) is 58.9 Å². The Morgan fingerprint density at radius 1 is 1.18 bits per heavy atom. The third-order valence-corrected chi connectivity index (χ3v) is 5.86. The molecule has 0 N–H and O–H groups in total.